The Morgan fingerprint density at radius 2 is 1.94 bits per heavy atom. The molecule has 1 aromatic rings. The summed E-state index contributed by atoms with van der Waals surface area (Å²) < 4.78 is 36.4. The molecule has 0 aliphatic carbocycles. The molecule has 0 spiro atoms. The molecule has 1 N–H and O–H groups in total. The van der Waals surface area contributed by atoms with Gasteiger partial charge in [0.25, 0.3) is 0 Å². The lowest BCUT2D eigenvalue weighted by atomic mass is 10.1. The first-order valence-electron chi connectivity index (χ1n) is 5.82. The van der Waals surface area contributed by atoms with Crippen LogP contribution in [0.4, 0.5) is 10.1 Å². The zero-order valence-electron chi connectivity index (χ0n) is 10.1. The van der Waals surface area contributed by atoms with E-state index in [1.165, 1.54) is 13.0 Å². The summed E-state index contributed by atoms with van der Waals surface area (Å²) in [5.74, 6) is -0.318. The van der Waals surface area contributed by atoms with Crippen LogP contribution < -0.4 is 4.90 Å². The highest BCUT2D eigenvalue weighted by molar-refractivity contribution is 7.91. The van der Waals surface area contributed by atoms with E-state index in [2.05, 4.69) is 0 Å². The average molecular weight is 273 g/mol. The number of benzene rings is 1. The van der Waals surface area contributed by atoms with Crippen LogP contribution in [0.5, 0.6) is 0 Å². The van der Waals surface area contributed by atoms with Crippen molar-refractivity contribution in [2.45, 2.75) is 13.0 Å². The number of nitrogens with zero attached hydrogens (tertiary/aromatic N) is 1. The second kappa shape index (κ2) is 4.85. The summed E-state index contributed by atoms with van der Waals surface area (Å²) in [5, 5.41) is 9.63. The Labute approximate surface area is 106 Å². The van der Waals surface area contributed by atoms with Gasteiger partial charge in [-0.25, -0.2) is 12.8 Å². The molecule has 1 fully saturated rings. The maximum absolute atomic E-state index is 13.7. The minimum atomic E-state index is -2.96. The Bertz CT molecular complexity index is 528. The third-order valence-electron chi connectivity index (χ3n) is 3.13. The number of halogens is 1. The molecule has 4 nitrogen and oxygen atoms in total. The van der Waals surface area contributed by atoms with Gasteiger partial charge in [0.1, 0.15) is 5.82 Å². The molecule has 100 valence electrons. The van der Waals surface area contributed by atoms with Crippen molar-refractivity contribution in [3.8, 4) is 0 Å². The van der Waals surface area contributed by atoms with Crippen LogP contribution in [-0.4, -0.2) is 38.1 Å². The van der Waals surface area contributed by atoms with Gasteiger partial charge in [-0.2, -0.15) is 0 Å². The van der Waals surface area contributed by atoms with Gasteiger partial charge in [-0.15, -0.1) is 0 Å². The molecule has 0 amide bonds. The number of aliphatic hydroxyl groups excluding tert-OH is 1. The molecule has 1 unspecified atom stereocenters. The third kappa shape index (κ3) is 2.64. The Hall–Kier alpha value is -1.14. The quantitative estimate of drug-likeness (QED) is 0.877. The molecule has 2 rings (SSSR count). The average Bonchev–Trinajstić information content (AvgIpc) is 2.28. The predicted molar refractivity (Wildman–Crippen MR) is 67.9 cm³/mol. The fraction of sp³-hybridized carbons (Fsp3) is 0.500. The smallest absolute Gasteiger partial charge is 0.153 e. The van der Waals surface area contributed by atoms with E-state index >= 15 is 0 Å². The van der Waals surface area contributed by atoms with Crippen LogP contribution >= 0.6 is 0 Å². The van der Waals surface area contributed by atoms with Gasteiger partial charge in [-0.3, -0.25) is 0 Å². The van der Waals surface area contributed by atoms with E-state index in [9.17, 15) is 17.9 Å². The van der Waals surface area contributed by atoms with Crippen molar-refractivity contribution in [1.29, 1.82) is 0 Å². The van der Waals surface area contributed by atoms with Gasteiger partial charge in [-0.1, -0.05) is 6.07 Å². The van der Waals surface area contributed by atoms with Crippen LogP contribution in [0.3, 0.4) is 0 Å². The van der Waals surface area contributed by atoms with E-state index in [-0.39, 0.29) is 17.1 Å². The van der Waals surface area contributed by atoms with Crippen LogP contribution in [0.1, 0.15) is 18.6 Å². The van der Waals surface area contributed by atoms with Gasteiger partial charge in [0, 0.05) is 24.3 Å². The molecule has 1 aliphatic heterocycles. The summed E-state index contributed by atoms with van der Waals surface area (Å²) in [6, 6.07) is 4.58. The van der Waals surface area contributed by atoms with Gasteiger partial charge in [0.05, 0.1) is 17.6 Å². The molecule has 1 heterocycles. The number of hydrogen-bond acceptors (Lipinski definition) is 4. The molecular formula is C12H16FNO3S. The van der Waals surface area contributed by atoms with E-state index in [4.69, 9.17) is 0 Å². The van der Waals surface area contributed by atoms with Crippen molar-refractivity contribution in [3.05, 3.63) is 29.6 Å². The minimum absolute atomic E-state index is 0.0722. The normalized spacial score (nSPS) is 20.7. The molecule has 18 heavy (non-hydrogen) atoms. The zero-order valence-corrected chi connectivity index (χ0v) is 11.0. The maximum atomic E-state index is 13.7. The van der Waals surface area contributed by atoms with Crippen LogP contribution in [0.25, 0.3) is 0 Å². The summed E-state index contributed by atoms with van der Waals surface area (Å²) >= 11 is 0. The monoisotopic (exact) mass is 273 g/mol. The third-order valence-corrected chi connectivity index (χ3v) is 4.74. The molecule has 0 saturated carbocycles. The lowest BCUT2D eigenvalue weighted by Crippen LogP contribution is -2.40. The van der Waals surface area contributed by atoms with Crippen molar-refractivity contribution >= 4 is 15.5 Å². The van der Waals surface area contributed by atoms with Gasteiger partial charge < -0.3 is 10.0 Å². The van der Waals surface area contributed by atoms with Crippen LogP contribution in [0.15, 0.2) is 18.2 Å². The molecule has 0 bridgehead atoms. The fourth-order valence-electron chi connectivity index (χ4n) is 2.17. The van der Waals surface area contributed by atoms with Gasteiger partial charge in [0.2, 0.25) is 0 Å². The number of hydrogen-bond donors (Lipinski definition) is 1. The first-order valence-corrected chi connectivity index (χ1v) is 7.65. The lowest BCUT2D eigenvalue weighted by molar-refractivity contribution is 0.194. The van der Waals surface area contributed by atoms with Crippen molar-refractivity contribution in [2.75, 3.05) is 29.5 Å². The van der Waals surface area contributed by atoms with Crippen molar-refractivity contribution in [2.24, 2.45) is 0 Å². The predicted octanol–water partition coefficient (Wildman–Crippen LogP) is 1.11. The van der Waals surface area contributed by atoms with Gasteiger partial charge in [0.15, 0.2) is 9.84 Å². The first-order chi connectivity index (χ1) is 8.41. The SMILES string of the molecule is CC(O)c1c(F)cccc1N1CCS(=O)(=O)CC1. The summed E-state index contributed by atoms with van der Waals surface area (Å²) in [7, 11) is -2.96. The molecular weight excluding hydrogens is 257 g/mol. The van der Waals surface area contributed by atoms with Crippen molar-refractivity contribution in [1.82, 2.24) is 0 Å². The van der Waals surface area contributed by atoms with Gasteiger partial charge >= 0.3 is 0 Å². The summed E-state index contributed by atoms with van der Waals surface area (Å²) in [6.07, 6.45) is -0.917. The minimum Gasteiger partial charge on any atom is -0.389 e. The second-order valence-electron chi connectivity index (χ2n) is 4.49. The number of anilines is 1. The van der Waals surface area contributed by atoms with E-state index in [0.717, 1.165) is 0 Å². The van der Waals surface area contributed by atoms with E-state index in [1.807, 2.05) is 4.90 Å². The van der Waals surface area contributed by atoms with E-state index < -0.39 is 21.8 Å². The highest BCUT2D eigenvalue weighted by Crippen LogP contribution is 2.29. The highest BCUT2D eigenvalue weighted by Gasteiger charge is 2.25. The van der Waals surface area contributed by atoms with E-state index in [1.54, 1.807) is 12.1 Å². The Balaban J connectivity index is 2.32. The van der Waals surface area contributed by atoms with Crippen molar-refractivity contribution in [3.63, 3.8) is 0 Å². The highest BCUT2D eigenvalue weighted by atomic mass is 32.2. The molecule has 0 radical (unpaired) electrons. The molecule has 1 aliphatic rings. The van der Waals surface area contributed by atoms with E-state index in [0.29, 0.717) is 18.8 Å². The van der Waals surface area contributed by atoms with Crippen LogP contribution in [0.2, 0.25) is 0 Å². The molecule has 1 saturated heterocycles. The lowest BCUT2D eigenvalue weighted by Gasteiger charge is -2.31. The fourth-order valence-corrected chi connectivity index (χ4v) is 3.37. The number of sulfone groups is 1. The van der Waals surface area contributed by atoms with Crippen LogP contribution in [0, 0.1) is 5.82 Å². The summed E-state index contributed by atoms with van der Waals surface area (Å²) in [4.78, 5) is 1.81. The summed E-state index contributed by atoms with van der Waals surface area (Å²) in [5.41, 5.74) is 0.816. The van der Waals surface area contributed by atoms with Crippen LogP contribution in [-0.2, 0) is 9.84 Å². The summed E-state index contributed by atoms with van der Waals surface area (Å²) in [6.45, 7) is 2.18. The molecule has 0 aromatic heterocycles. The largest absolute Gasteiger partial charge is 0.389 e. The van der Waals surface area contributed by atoms with Crippen molar-refractivity contribution < 1.29 is 17.9 Å². The molecule has 6 heteroatoms. The molecule has 1 atom stereocenters. The molecule has 1 aromatic carbocycles. The zero-order chi connectivity index (χ0) is 13.3. The Morgan fingerprint density at radius 1 is 1.33 bits per heavy atom. The maximum Gasteiger partial charge on any atom is 0.153 e. The Morgan fingerprint density at radius 3 is 2.50 bits per heavy atom. The number of rotatable bonds is 2. The van der Waals surface area contributed by atoms with Gasteiger partial charge in [-0.05, 0) is 19.1 Å². The Kier molecular flexibility index (Phi) is 3.59. The first kappa shape index (κ1) is 13.3. The topological polar surface area (TPSA) is 57.6 Å². The standard InChI is InChI=1S/C12H16FNO3S/c1-9(15)12-10(13)3-2-4-11(12)14-5-7-18(16,17)8-6-14/h2-4,9,15H,5-8H2,1H3. The second-order valence-corrected chi connectivity index (χ2v) is 6.79. The number of aliphatic hydroxyl groups is 1.